The lowest BCUT2D eigenvalue weighted by atomic mass is 10.1. The van der Waals surface area contributed by atoms with E-state index >= 15 is 0 Å². The van der Waals surface area contributed by atoms with Crippen molar-refractivity contribution in [1.82, 2.24) is 10.2 Å². The zero-order valence-corrected chi connectivity index (χ0v) is 23.8. The molecule has 42 heavy (non-hydrogen) atoms. The second kappa shape index (κ2) is 13.7. The summed E-state index contributed by atoms with van der Waals surface area (Å²) >= 11 is 0. The number of benzene rings is 3. The number of anilines is 1. The fraction of sp³-hybridized carbons (Fsp3) is 0.200. The first-order valence-corrected chi connectivity index (χ1v) is 14.4. The number of amides is 2. The first kappa shape index (κ1) is 30.1. The highest BCUT2D eigenvalue weighted by Gasteiger charge is 2.27. The third-order valence-electron chi connectivity index (χ3n) is 6.29. The van der Waals surface area contributed by atoms with E-state index in [2.05, 4.69) is 10.0 Å². The molecular weight excluding hydrogens is 565 g/mol. The van der Waals surface area contributed by atoms with Crippen LogP contribution in [0.25, 0.3) is 0 Å². The number of carbonyl (C=O) groups excluding carboxylic acids is 2. The molecule has 4 rings (SSSR count). The predicted octanol–water partition coefficient (Wildman–Crippen LogP) is 4.34. The maximum Gasteiger partial charge on any atom is 0.261 e. The van der Waals surface area contributed by atoms with Gasteiger partial charge in [0, 0.05) is 12.2 Å². The molecule has 0 spiro atoms. The van der Waals surface area contributed by atoms with Crippen LogP contribution in [0.15, 0.2) is 101 Å². The predicted molar refractivity (Wildman–Crippen MR) is 153 cm³/mol. The smallest absolute Gasteiger partial charge is 0.261 e. The van der Waals surface area contributed by atoms with Gasteiger partial charge in [-0.1, -0.05) is 12.1 Å². The van der Waals surface area contributed by atoms with Gasteiger partial charge in [0.25, 0.3) is 15.9 Å². The molecule has 0 aliphatic rings. The quantitative estimate of drug-likeness (QED) is 0.235. The number of carbonyl (C=O) groups is 2. The number of hydrogen-bond donors (Lipinski definition) is 2. The molecule has 3 aromatic carbocycles. The Morgan fingerprint density at radius 2 is 1.62 bits per heavy atom. The minimum Gasteiger partial charge on any atom is -0.497 e. The number of rotatable bonds is 13. The molecule has 2 N–H and O–H groups in total. The van der Waals surface area contributed by atoms with E-state index in [9.17, 15) is 22.4 Å². The van der Waals surface area contributed by atoms with Gasteiger partial charge in [-0.25, -0.2) is 12.8 Å². The third kappa shape index (κ3) is 8.10. The summed E-state index contributed by atoms with van der Waals surface area (Å²) in [5, 5.41) is 2.77. The van der Waals surface area contributed by atoms with Crippen LogP contribution in [-0.2, 0) is 32.7 Å². The van der Waals surface area contributed by atoms with E-state index in [0.717, 1.165) is 17.7 Å². The Hall–Kier alpha value is -4.84. The Bertz CT molecular complexity index is 1580. The molecule has 2 amide bonds. The van der Waals surface area contributed by atoms with Gasteiger partial charge in [-0.15, -0.1) is 0 Å². The Morgan fingerprint density at radius 1 is 0.952 bits per heavy atom. The van der Waals surface area contributed by atoms with Crippen LogP contribution in [0.1, 0.15) is 18.2 Å². The van der Waals surface area contributed by atoms with Crippen molar-refractivity contribution >= 4 is 27.5 Å². The highest BCUT2D eigenvalue weighted by atomic mass is 32.2. The van der Waals surface area contributed by atoms with Gasteiger partial charge in [-0.3, -0.25) is 14.3 Å². The van der Waals surface area contributed by atoms with Crippen LogP contribution in [0.2, 0.25) is 0 Å². The minimum atomic E-state index is -3.93. The van der Waals surface area contributed by atoms with Crippen LogP contribution in [0.4, 0.5) is 10.1 Å². The summed E-state index contributed by atoms with van der Waals surface area (Å²) < 4.78 is 57.0. The lowest BCUT2D eigenvalue weighted by molar-refractivity contribution is -0.142. The molecule has 10 nitrogen and oxygen atoms in total. The van der Waals surface area contributed by atoms with Gasteiger partial charge in [-0.2, -0.15) is 0 Å². The summed E-state index contributed by atoms with van der Waals surface area (Å²) in [5.41, 5.74) is 0.986. The Labute approximate surface area is 243 Å². The van der Waals surface area contributed by atoms with E-state index in [1.54, 1.807) is 50.4 Å². The highest BCUT2D eigenvalue weighted by Crippen LogP contribution is 2.20. The first-order valence-electron chi connectivity index (χ1n) is 12.9. The average molecular weight is 596 g/mol. The molecule has 0 fully saturated rings. The zero-order valence-electron chi connectivity index (χ0n) is 23.0. The van der Waals surface area contributed by atoms with E-state index in [1.165, 1.54) is 47.6 Å². The van der Waals surface area contributed by atoms with Crippen molar-refractivity contribution in [2.45, 2.75) is 31.0 Å². The number of sulfonamides is 1. The van der Waals surface area contributed by atoms with Crippen molar-refractivity contribution in [2.75, 3.05) is 18.4 Å². The second-order valence-corrected chi connectivity index (χ2v) is 10.9. The van der Waals surface area contributed by atoms with Gasteiger partial charge in [0.15, 0.2) is 6.61 Å². The summed E-state index contributed by atoms with van der Waals surface area (Å²) in [6.45, 7) is 1.52. The molecule has 1 heterocycles. The number of methoxy groups -OCH3 is 1. The van der Waals surface area contributed by atoms with Crippen molar-refractivity contribution in [3.63, 3.8) is 0 Å². The van der Waals surface area contributed by atoms with Crippen LogP contribution in [0, 0.1) is 5.82 Å². The summed E-state index contributed by atoms with van der Waals surface area (Å²) in [4.78, 5) is 27.6. The number of ether oxygens (including phenoxy) is 2. The molecule has 4 aromatic rings. The van der Waals surface area contributed by atoms with Crippen molar-refractivity contribution in [2.24, 2.45) is 0 Å². The molecule has 0 aliphatic heterocycles. The molecule has 0 aliphatic carbocycles. The minimum absolute atomic E-state index is 0.0477. The molecular formula is C30H30FN3O7S. The molecule has 12 heteroatoms. The fourth-order valence-corrected chi connectivity index (χ4v) is 4.98. The van der Waals surface area contributed by atoms with Crippen LogP contribution in [-0.4, -0.2) is 44.9 Å². The molecule has 1 atom stereocenters. The molecule has 0 unspecified atom stereocenters. The second-order valence-electron chi connectivity index (χ2n) is 9.22. The van der Waals surface area contributed by atoms with Gasteiger partial charge < -0.3 is 24.1 Å². The van der Waals surface area contributed by atoms with E-state index in [1.807, 2.05) is 0 Å². The first-order chi connectivity index (χ1) is 20.1. The van der Waals surface area contributed by atoms with Crippen molar-refractivity contribution in [1.29, 1.82) is 0 Å². The lowest BCUT2D eigenvalue weighted by Crippen LogP contribution is -2.48. The van der Waals surface area contributed by atoms with Gasteiger partial charge in [0.05, 0.1) is 24.8 Å². The summed E-state index contributed by atoms with van der Waals surface area (Å²) in [6.07, 6.45) is 1.51. The number of hydrogen-bond acceptors (Lipinski definition) is 7. The molecule has 0 saturated heterocycles. The number of furan rings is 1. The maximum absolute atomic E-state index is 13.3. The largest absolute Gasteiger partial charge is 0.497 e. The highest BCUT2D eigenvalue weighted by molar-refractivity contribution is 7.92. The van der Waals surface area contributed by atoms with Gasteiger partial charge in [-0.05, 0) is 85.3 Å². The lowest BCUT2D eigenvalue weighted by Gasteiger charge is -2.28. The maximum atomic E-state index is 13.3. The van der Waals surface area contributed by atoms with Crippen molar-refractivity contribution in [3.8, 4) is 11.5 Å². The monoisotopic (exact) mass is 595 g/mol. The zero-order chi connectivity index (χ0) is 30.1. The van der Waals surface area contributed by atoms with Crippen LogP contribution < -0.4 is 19.5 Å². The van der Waals surface area contributed by atoms with Gasteiger partial charge in [0.2, 0.25) is 5.91 Å². The van der Waals surface area contributed by atoms with Gasteiger partial charge >= 0.3 is 0 Å². The van der Waals surface area contributed by atoms with E-state index in [0.29, 0.717) is 11.5 Å². The molecule has 220 valence electrons. The standard InChI is InChI=1S/C30H30FN3O7S/c1-21(30(36)32-18-27-4-3-17-40-27)34(19-22-5-11-25(39-2)12-6-22)29(35)20-41-26-13-15-28(16-14-26)42(37,38)33-24-9-7-23(31)8-10-24/h3-17,21,33H,18-20H2,1-2H3,(H,32,36)/t21-/m1/s1. The Morgan fingerprint density at radius 3 is 2.24 bits per heavy atom. The normalized spacial score (nSPS) is 11.8. The molecule has 0 saturated carbocycles. The Kier molecular flexibility index (Phi) is 9.81. The number of nitrogens with zero attached hydrogens (tertiary/aromatic N) is 1. The van der Waals surface area contributed by atoms with Crippen LogP contribution >= 0.6 is 0 Å². The number of halogens is 1. The molecule has 1 aromatic heterocycles. The third-order valence-corrected chi connectivity index (χ3v) is 7.69. The van der Waals surface area contributed by atoms with Crippen molar-refractivity contribution < 1.29 is 36.3 Å². The average Bonchev–Trinajstić information content (AvgIpc) is 3.52. The van der Waals surface area contributed by atoms with Crippen molar-refractivity contribution in [3.05, 3.63) is 108 Å². The summed E-state index contributed by atoms with van der Waals surface area (Å²) in [7, 11) is -2.38. The Balaban J connectivity index is 1.42. The topological polar surface area (TPSA) is 127 Å². The van der Waals surface area contributed by atoms with E-state index in [4.69, 9.17) is 13.9 Å². The van der Waals surface area contributed by atoms with Gasteiger partial charge in [0.1, 0.15) is 29.1 Å². The van der Waals surface area contributed by atoms with E-state index in [-0.39, 0.29) is 35.3 Å². The van der Waals surface area contributed by atoms with Crippen LogP contribution in [0.5, 0.6) is 11.5 Å². The molecule has 0 radical (unpaired) electrons. The summed E-state index contributed by atoms with van der Waals surface area (Å²) in [6, 6.07) is 20.1. The van der Waals surface area contributed by atoms with Crippen LogP contribution in [0.3, 0.4) is 0 Å². The fourth-order valence-electron chi connectivity index (χ4n) is 3.92. The number of nitrogens with one attached hydrogen (secondary N) is 2. The SMILES string of the molecule is COc1ccc(CN(C(=O)COc2ccc(S(=O)(=O)Nc3ccc(F)cc3)cc2)[C@H](C)C(=O)NCc2ccco2)cc1. The van der Waals surface area contributed by atoms with E-state index < -0.39 is 34.4 Å². The summed E-state index contributed by atoms with van der Waals surface area (Å²) in [5.74, 6) is 0.161. The molecule has 0 bridgehead atoms.